The fraction of sp³-hybridized carbons (Fsp3) is 0.182. The van der Waals surface area contributed by atoms with E-state index >= 15 is 0 Å². The molecule has 3 nitrogen and oxygen atoms in total. The number of benzene rings is 1. The van der Waals surface area contributed by atoms with E-state index in [-0.39, 0.29) is 0 Å². The van der Waals surface area contributed by atoms with E-state index in [1.807, 2.05) is 0 Å². The predicted molar refractivity (Wildman–Crippen MR) is 64.2 cm³/mol. The lowest BCUT2D eigenvalue weighted by atomic mass is 10.3. The van der Waals surface area contributed by atoms with Crippen LogP contribution in [0.25, 0.3) is 0 Å². The number of rotatable bonds is 4. The third kappa shape index (κ3) is 3.15. The topological polar surface area (TPSA) is 37.9 Å². The molecule has 16 heavy (non-hydrogen) atoms. The first-order valence-electron chi connectivity index (χ1n) is 4.81. The maximum absolute atomic E-state index is 5.85. The van der Waals surface area contributed by atoms with Crippen molar-refractivity contribution in [3.05, 3.63) is 46.5 Å². The van der Waals surface area contributed by atoms with Gasteiger partial charge in [-0.2, -0.15) is 0 Å². The summed E-state index contributed by atoms with van der Waals surface area (Å²) >= 11 is 11.7. The monoisotopic (exact) mass is 256 g/mol. The van der Waals surface area contributed by atoms with Gasteiger partial charge in [-0.3, -0.25) is 0 Å². The van der Waals surface area contributed by atoms with Crippen molar-refractivity contribution in [3.8, 4) is 5.75 Å². The maximum atomic E-state index is 5.85. The van der Waals surface area contributed by atoms with E-state index in [9.17, 15) is 0 Å². The number of aromatic amines is 1. The predicted octanol–water partition coefficient (Wildman–Crippen LogP) is 3.34. The van der Waals surface area contributed by atoms with Crippen molar-refractivity contribution in [2.45, 2.75) is 6.42 Å². The second-order valence-corrected chi connectivity index (χ2v) is 4.11. The first-order chi connectivity index (χ1) is 7.74. The zero-order chi connectivity index (χ0) is 11.4. The van der Waals surface area contributed by atoms with E-state index in [4.69, 9.17) is 27.9 Å². The molecule has 0 atom stereocenters. The molecule has 0 unspecified atom stereocenters. The number of nitrogens with zero attached hydrogens (tertiary/aromatic N) is 1. The second kappa shape index (κ2) is 5.23. The molecule has 0 fully saturated rings. The summed E-state index contributed by atoms with van der Waals surface area (Å²) in [5, 5.41) is 1.14. The minimum absolute atomic E-state index is 0.532. The lowest BCUT2D eigenvalue weighted by molar-refractivity contribution is 0.319. The van der Waals surface area contributed by atoms with Crippen LogP contribution in [0.15, 0.2) is 30.6 Å². The summed E-state index contributed by atoms with van der Waals surface area (Å²) in [6, 6.07) is 5.13. The number of nitrogens with one attached hydrogen (secondary N) is 1. The zero-order valence-corrected chi connectivity index (χ0v) is 9.92. The van der Waals surface area contributed by atoms with Crippen molar-refractivity contribution >= 4 is 23.2 Å². The van der Waals surface area contributed by atoms with Gasteiger partial charge in [0.25, 0.3) is 0 Å². The number of ether oxygens (including phenoxy) is 1. The Kier molecular flexibility index (Phi) is 3.70. The normalized spacial score (nSPS) is 10.4. The summed E-state index contributed by atoms with van der Waals surface area (Å²) in [5.41, 5.74) is 0. The Labute approximate surface area is 103 Å². The Hall–Kier alpha value is -1.19. The van der Waals surface area contributed by atoms with Crippen molar-refractivity contribution in [1.82, 2.24) is 9.97 Å². The molecule has 0 amide bonds. The van der Waals surface area contributed by atoms with Crippen molar-refractivity contribution in [1.29, 1.82) is 0 Å². The minimum atomic E-state index is 0.532. The molecule has 1 heterocycles. The van der Waals surface area contributed by atoms with Crippen LogP contribution >= 0.6 is 23.2 Å². The van der Waals surface area contributed by atoms with E-state index in [2.05, 4.69) is 9.97 Å². The van der Waals surface area contributed by atoms with Gasteiger partial charge in [-0.25, -0.2) is 4.98 Å². The first-order valence-corrected chi connectivity index (χ1v) is 5.57. The summed E-state index contributed by atoms with van der Waals surface area (Å²) < 4.78 is 5.51. The maximum Gasteiger partial charge on any atom is 0.122 e. The van der Waals surface area contributed by atoms with Crippen LogP contribution in [0.5, 0.6) is 5.75 Å². The molecule has 0 bridgehead atoms. The highest BCUT2D eigenvalue weighted by molar-refractivity contribution is 6.34. The van der Waals surface area contributed by atoms with Crippen LogP contribution in [0.1, 0.15) is 5.82 Å². The van der Waals surface area contributed by atoms with Crippen molar-refractivity contribution in [2.75, 3.05) is 6.61 Å². The molecule has 0 saturated heterocycles. The average Bonchev–Trinajstić information content (AvgIpc) is 2.69. The van der Waals surface area contributed by atoms with Crippen LogP contribution in [-0.2, 0) is 6.42 Å². The minimum Gasteiger partial charge on any atom is -0.493 e. The Morgan fingerprint density at radius 1 is 1.19 bits per heavy atom. The summed E-state index contributed by atoms with van der Waals surface area (Å²) in [4.78, 5) is 7.10. The van der Waals surface area contributed by atoms with Gasteiger partial charge in [-0.05, 0) is 18.2 Å². The Morgan fingerprint density at radius 2 is 1.94 bits per heavy atom. The molecule has 2 aromatic rings. The molecule has 1 aromatic carbocycles. The number of halogens is 2. The third-order valence-corrected chi connectivity index (χ3v) is 2.43. The molecular formula is C11H10Cl2N2O. The molecular weight excluding hydrogens is 247 g/mol. The zero-order valence-electron chi connectivity index (χ0n) is 8.41. The molecule has 0 aliphatic carbocycles. The van der Waals surface area contributed by atoms with Gasteiger partial charge in [-0.15, -0.1) is 0 Å². The fourth-order valence-corrected chi connectivity index (χ4v) is 1.82. The van der Waals surface area contributed by atoms with Gasteiger partial charge in [0.1, 0.15) is 11.6 Å². The smallest absolute Gasteiger partial charge is 0.122 e. The van der Waals surface area contributed by atoms with E-state index in [0.717, 1.165) is 12.2 Å². The van der Waals surface area contributed by atoms with Crippen LogP contribution in [-0.4, -0.2) is 16.6 Å². The highest BCUT2D eigenvalue weighted by Crippen LogP contribution is 2.24. The number of hydrogen-bond donors (Lipinski definition) is 1. The van der Waals surface area contributed by atoms with Crippen LogP contribution in [0, 0.1) is 0 Å². The molecule has 1 aromatic heterocycles. The van der Waals surface area contributed by atoms with Gasteiger partial charge >= 0.3 is 0 Å². The van der Waals surface area contributed by atoms with Crippen LogP contribution < -0.4 is 4.74 Å². The summed E-state index contributed by atoms with van der Waals surface area (Å²) in [6.45, 7) is 0.532. The van der Waals surface area contributed by atoms with Crippen LogP contribution in [0.3, 0.4) is 0 Å². The van der Waals surface area contributed by atoms with E-state index in [1.165, 1.54) is 0 Å². The molecule has 0 aliphatic rings. The number of hydrogen-bond acceptors (Lipinski definition) is 2. The van der Waals surface area contributed by atoms with Gasteiger partial charge in [0.15, 0.2) is 0 Å². The summed E-state index contributed by atoms with van der Waals surface area (Å²) in [5.74, 6) is 1.57. The summed E-state index contributed by atoms with van der Waals surface area (Å²) in [6.07, 6.45) is 4.22. The van der Waals surface area contributed by atoms with Crippen molar-refractivity contribution in [3.63, 3.8) is 0 Å². The highest BCUT2D eigenvalue weighted by atomic mass is 35.5. The van der Waals surface area contributed by atoms with Gasteiger partial charge in [-0.1, -0.05) is 23.2 Å². The van der Waals surface area contributed by atoms with Gasteiger partial charge in [0, 0.05) is 28.9 Å². The first kappa shape index (κ1) is 11.3. The van der Waals surface area contributed by atoms with Gasteiger partial charge < -0.3 is 9.72 Å². The SMILES string of the molecule is Clc1cc(Cl)cc(OCCc2ncc[nH]2)c1. The van der Waals surface area contributed by atoms with Gasteiger partial charge in [0.2, 0.25) is 0 Å². The molecule has 1 N–H and O–H groups in total. The summed E-state index contributed by atoms with van der Waals surface area (Å²) in [7, 11) is 0. The van der Waals surface area contributed by atoms with E-state index in [1.54, 1.807) is 30.6 Å². The van der Waals surface area contributed by atoms with Crippen LogP contribution in [0.2, 0.25) is 10.0 Å². The molecule has 2 rings (SSSR count). The third-order valence-electron chi connectivity index (χ3n) is 2.00. The fourth-order valence-electron chi connectivity index (χ4n) is 1.31. The second-order valence-electron chi connectivity index (χ2n) is 3.24. The lowest BCUT2D eigenvalue weighted by Crippen LogP contribution is -2.02. The molecule has 0 spiro atoms. The quantitative estimate of drug-likeness (QED) is 0.912. The van der Waals surface area contributed by atoms with Crippen molar-refractivity contribution in [2.24, 2.45) is 0 Å². The Morgan fingerprint density at radius 3 is 2.56 bits per heavy atom. The Balaban J connectivity index is 1.89. The Bertz CT molecular complexity index is 437. The molecule has 5 heteroatoms. The highest BCUT2D eigenvalue weighted by Gasteiger charge is 2.00. The lowest BCUT2D eigenvalue weighted by Gasteiger charge is -2.05. The van der Waals surface area contributed by atoms with Crippen molar-refractivity contribution < 1.29 is 4.74 Å². The number of H-pyrrole nitrogens is 1. The van der Waals surface area contributed by atoms with E-state index < -0.39 is 0 Å². The standard InChI is InChI=1S/C11H10Cl2N2O/c12-8-5-9(13)7-10(6-8)16-4-1-11-14-2-3-15-11/h2-3,5-7H,1,4H2,(H,14,15). The molecule has 0 radical (unpaired) electrons. The van der Waals surface area contributed by atoms with Gasteiger partial charge in [0.05, 0.1) is 6.61 Å². The number of aromatic nitrogens is 2. The van der Waals surface area contributed by atoms with Crippen LogP contribution in [0.4, 0.5) is 0 Å². The van der Waals surface area contributed by atoms with E-state index in [0.29, 0.717) is 22.4 Å². The molecule has 0 aliphatic heterocycles. The molecule has 0 saturated carbocycles. The number of imidazole rings is 1. The average molecular weight is 257 g/mol. The molecule has 84 valence electrons. The largest absolute Gasteiger partial charge is 0.493 e.